The zero-order valence-corrected chi connectivity index (χ0v) is 32.8. The molecule has 0 unspecified atom stereocenters. The number of carbonyl (C=O) groups excluding carboxylic acids is 1. The summed E-state index contributed by atoms with van der Waals surface area (Å²) in [4.78, 5) is 19.2. The van der Waals surface area contributed by atoms with Gasteiger partial charge < -0.3 is 9.64 Å². The van der Waals surface area contributed by atoms with Gasteiger partial charge in [0.15, 0.2) is 0 Å². The van der Waals surface area contributed by atoms with Crippen LogP contribution in [0.15, 0.2) is 97.1 Å². The van der Waals surface area contributed by atoms with E-state index in [0.29, 0.717) is 38.2 Å². The van der Waals surface area contributed by atoms with Crippen LogP contribution in [0.4, 0.5) is 55.9 Å². The molecule has 0 saturated heterocycles. The summed E-state index contributed by atoms with van der Waals surface area (Å²) in [5.41, 5.74) is -2.62. The monoisotopic (exact) mass is 847 g/mol. The van der Waals surface area contributed by atoms with E-state index in [9.17, 15) is 44.3 Å². The SMILES string of the molecule is CC(C)OC(=O)N1c2ccc(C(F)(F)F)cc2[C@@H](N(Cc2cc(C(F)(F)F)cc(C(F)(F)F)c2)c2nnn(CCCN(Cc3ccccc3)Cc3ccccc3)n2)C[C@H]1C. The maximum Gasteiger partial charge on any atom is 0.416 e. The Bertz CT molecular complexity index is 2140. The second-order valence-corrected chi connectivity index (χ2v) is 14.9. The number of fused-ring (bicyclic) bond motifs is 1. The van der Waals surface area contributed by atoms with Crippen LogP contribution in [0.2, 0.25) is 0 Å². The van der Waals surface area contributed by atoms with Crippen molar-refractivity contribution in [1.82, 2.24) is 25.1 Å². The van der Waals surface area contributed by atoms with Gasteiger partial charge in [0.2, 0.25) is 0 Å². The standard InChI is InChI=1S/C42H42F9N7O2/c1-27(2)60-39(59)58-28(3)19-37(35-23-32(40(43,44)45)15-16-36(35)58)56(26-31-20-33(41(46,47)48)22-34(21-31)42(49,50)51)38-52-54-57(53-38)18-10-17-55(24-29-11-6-4-7-12-29)25-30-13-8-5-9-14-30/h4-9,11-16,20-23,27-28,37H,10,17-19,24-26H2,1-3H3/t28-,37+/m1/s1. The molecular formula is C42H42F9N7O2. The second-order valence-electron chi connectivity index (χ2n) is 14.9. The fourth-order valence-electron chi connectivity index (χ4n) is 7.25. The number of benzene rings is 4. The minimum atomic E-state index is -5.16. The normalized spacial score (nSPS) is 16.0. The summed E-state index contributed by atoms with van der Waals surface area (Å²) in [6.45, 7) is 6.07. The number of anilines is 2. The quantitative estimate of drug-likeness (QED) is 0.109. The van der Waals surface area contributed by atoms with E-state index in [0.717, 1.165) is 29.3 Å². The Hall–Kier alpha value is -5.65. The van der Waals surface area contributed by atoms with Crippen molar-refractivity contribution < 1.29 is 49.0 Å². The van der Waals surface area contributed by atoms with E-state index in [4.69, 9.17) is 4.74 Å². The first-order valence-electron chi connectivity index (χ1n) is 19.1. The molecule has 60 heavy (non-hydrogen) atoms. The lowest BCUT2D eigenvalue weighted by Crippen LogP contribution is -2.47. The van der Waals surface area contributed by atoms with E-state index >= 15 is 0 Å². The van der Waals surface area contributed by atoms with Gasteiger partial charge >= 0.3 is 24.6 Å². The Morgan fingerprint density at radius 3 is 1.85 bits per heavy atom. The molecule has 0 radical (unpaired) electrons. The average molecular weight is 848 g/mol. The van der Waals surface area contributed by atoms with Gasteiger partial charge in [-0.05, 0) is 97.5 Å². The highest BCUT2D eigenvalue weighted by Gasteiger charge is 2.42. The van der Waals surface area contributed by atoms with Gasteiger partial charge in [-0.3, -0.25) is 9.80 Å². The van der Waals surface area contributed by atoms with Gasteiger partial charge in [0, 0.05) is 32.2 Å². The molecule has 0 saturated carbocycles. The molecule has 0 bridgehead atoms. The highest BCUT2D eigenvalue weighted by atomic mass is 19.4. The molecule has 1 aliphatic rings. The summed E-state index contributed by atoms with van der Waals surface area (Å²) in [6, 6.07) is 21.4. The summed E-state index contributed by atoms with van der Waals surface area (Å²) < 4.78 is 132. The number of alkyl halides is 9. The minimum Gasteiger partial charge on any atom is -0.446 e. The van der Waals surface area contributed by atoms with E-state index in [-0.39, 0.29) is 36.2 Å². The summed E-state index contributed by atoms with van der Waals surface area (Å²) in [5, 5.41) is 12.8. The molecule has 0 fully saturated rings. The Balaban J connectivity index is 1.38. The van der Waals surface area contributed by atoms with Crippen molar-refractivity contribution in [3.05, 3.63) is 136 Å². The van der Waals surface area contributed by atoms with Gasteiger partial charge in [0.1, 0.15) is 0 Å². The molecule has 2 heterocycles. The molecule has 0 spiro atoms. The van der Waals surface area contributed by atoms with Gasteiger partial charge in [0.05, 0.1) is 41.1 Å². The van der Waals surface area contributed by atoms with Crippen LogP contribution in [-0.2, 0) is 49.4 Å². The van der Waals surface area contributed by atoms with Gasteiger partial charge in [-0.25, -0.2) is 4.79 Å². The number of hydrogen-bond acceptors (Lipinski definition) is 7. The number of rotatable bonds is 13. The molecule has 4 aromatic carbocycles. The number of amides is 1. The summed E-state index contributed by atoms with van der Waals surface area (Å²) >= 11 is 0. The summed E-state index contributed by atoms with van der Waals surface area (Å²) in [5.74, 6) is -0.259. The van der Waals surface area contributed by atoms with Crippen molar-refractivity contribution in [1.29, 1.82) is 0 Å². The van der Waals surface area contributed by atoms with Gasteiger partial charge in [-0.1, -0.05) is 65.8 Å². The Labute approximate surface area is 340 Å². The molecule has 5 aromatic rings. The lowest BCUT2D eigenvalue weighted by molar-refractivity contribution is -0.143. The number of nitrogens with zero attached hydrogens (tertiary/aromatic N) is 7. The third-order valence-corrected chi connectivity index (χ3v) is 9.92. The van der Waals surface area contributed by atoms with Crippen molar-refractivity contribution in [2.24, 2.45) is 0 Å². The number of ether oxygens (including phenoxy) is 1. The molecule has 6 rings (SSSR count). The predicted octanol–water partition coefficient (Wildman–Crippen LogP) is 10.7. The Morgan fingerprint density at radius 1 is 0.750 bits per heavy atom. The van der Waals surface area contributed by atoms with Crippen molar-refractivity contribution in [2.45, 2.75) is 96.5 Å². The van der Waals surface area contributed by atoms with Crippen molar-refractivity contribution in [3.63, 3.8) is 0 Å². The number of tetrazole rings is 1. The van der Waals surface area contributed by atoms with Crippen LogP contribution in [0.1, 0.15) is 78.6 Å². The molecule has 1 aromatic heterocycles. The zero-order valence-electron chi connectivity index (χ0n) is 32.8. The molecule has 0 aliphatic carbocycles. The van der Waals surface area contributed by atoms with Crippen molar-refractivity contribution >= 4 is 17.7 Å². The number of hydrogen-bond donors (Lipinski definition) is 0. The van der Waals surface area contributed by atoms with Crippen LogP contribution < -0.4 is 9.80 Å². The average Bonchev–Trinajstić information content (AvgIpc) is 3.64. The predicted molar refractivity (Wildman–Crippen MR) is 204 cm³/mol. The highest BCUT2D eigenvalue weighted by molar-refractivity contribution is 5.90. The smallest absolute Gasteiger partial charge is 0.416 e. The molecule has 0 N–H and O–H groups in total. The zero-order chi connectivity index (χ0) is 43.4. The molecule has 320 valence electrons. The second kappa shape index (κ2) is 17.9. The first-order valence-corrected chi connectivity index (χ1v) is 19.1. The van der Waals surface area contributed by atoms with Crippen LogP contribution in [0.3, 0.4) is 0 Å². The largest absolute Gasteiger partial charge is 0.446 e. The molecule has 9 nitrogen and oxygen atoms in total. The van der Waals surface area contributed by atoms with Gasteiger partial charge in [-0.2, -0.15) is 44.3 Å². The maximum absolute atomic E-state index is 14.2. The molecule has 1 aliphatic heterocycles. The van der Waals surface area contributed by atoms with Crippen LogP contribution in [0, 0.1) is 0 Å². The summed E-state index contributed by atoms with van der Waals surface area (Å²) in [6.07, 6.45) is -16.3. The van der Waals surface area contributed by atoms with E-state index in [2.05, 4.69) is 20.3 Å². The topological polar surface area (TPSA) is 79.6 Å². The number of aromatic nitrogens is 4. The first kappa shape index (κ1) is 43.9. The lowest BCUT2D eigenvalue weighted by atomic mass is 9.89. The third-order valence-electron chi connectivity index (χ3n) is 9.92. The van der Waals surface area contributed by atoms with Crippen molar-refractivity contribution in [2.75, 3.05) is 16.3 Å². The van der Waals surface area contributed by atoms with Crippen molar-refractivity contribution in [3.8, 4) is 0 Å². The number of carbonyl (C=O) groups is 1. The van der Waals surface area contributed by atoms with Crippen LogP contribution in [0.5, 0.6) is 0 Å². The summed E-state index contributed by atoms with van der Waals surface area (Å²) in [7, 11) is 0. The Morgan fingerprint density at radius 2 is 1.32 bits per heavy atom. The third kappa shape index (κ3) is 10.9. The molecule has 1 amide bonds. The fourth-order valence-corrected chi connectivity index (χ4v) is 7.25. The molecule has 18 heteroatoms. The van der Waals surface area contributed by atoms with E-state index in [1.165, 1.54) is 14.6 Å². The van der Waals surface area contributed by atoms with Gasteiger partial charge in [-0.15, -0.1) is 5.10 Å². The number of halogens is 9. The fraction of sp³-hybridized carbons (Fsp3) is 0.381. The number of aryl methyl sites for hydroxylation is 1. The first-order chi connectivity index (χ1) is 28.3. The van der Waals surface area contributed by atoms with E-state index in [1.54, 1.807) is 20.8 Å². The van der Waals surface area contributed by atoms with Crippen LogP contribution in [-0.4, -0.2) is 49.9 Å². The van der Waals surface area contributed by atoms with E-state index in [1.807, 2.05) is 60.7 Å². The minimum absolute atomic E-state index is 0.00624. The molecular weight excluding hydrogens is 805 g/mol. The van der Waals surface area contributed by atoms with Crippen LogP contribution in [0.25, 0.3) is 0 Å². The highest BCUT2D eigenvalue weighted by Crippen LogP contribution is 2.45. The van der Waals surface area contributed by atoms with Crippen LogP contribution >= 0.6 is 0 Å². The van der Waals surface area contributed by atoms with Gasteiger partial charge in [0.25, 0.3) is 5.95 Å². The maximum atomic E-state index is 14.2. The Kier molecular flexibility index (Phi) is 13.1. The molecule has 2 atom stereocenters. The lowest BCUT2D eigenvalue weighted by Gasteiger charge is -2.43. The van der Waals surface area contributed by atoms with E-state index < -0.39 is 71.6 Å².